The van der Waals surface area contributed by atoms with Crippen LogP contribution >= 0.6 is 0 Å². The van der Waals surface area contributed by atoms with Gasteiger partial charge in [0.25, 0.3) is 0 Å². The number of nitriles is 1. The Morgan fingerprint density at radius 3 is 2.77 bits per heavy atom. The fraction of sp³-hybridized carbons (Fsp3) is 0.364. The molecule has 4 nitrogen and oxygen atoms in total. The number of fused-ring (bicyclic) bond motifs is 1. The Morgan fingerprint density at radius 1 is 1.15 bits per heavy atom. The van der Waals surface area contributed by atoms with Gasteiger partial charge in [0.1, 0.15) is 0 Å². The predicted molar refractivity (Wildman–Crippen MR) is 100 cm³/mol. The zero-order valence-corrected chi connectivity index (χ0v) is 14.8. The second kappa shape index (κ2) is 7.31. The van der Waals surface area contributed by atoms with Gasteiger partial charge in [0.05, 0.1) is 23.7 Å². The third-order valence-electron chi connectivity index (χ3n) is 5.58. The maximum absolute atomic E-state index is 12.9. The Labute approximate surface area is 154 Å². The molecule has 1 aliphatic carbocycles. The normalized spacial score (nSPS) is 22.0. The molecule has 2 atom stereocenters. The summed E-state index contributed by atoms with van der Waals surface area (Å²) in [4.78, 5) is 15.2. The Kier molecular flexibility index (Phi) is 4.73. The molecule has 1 fully saturated rings. The number of nitrogens with one attached hydrogen (secondary N) is 1. The molecular weight excluding hydrogens is 322 g/mol. The molecule has 0 unspecified atom stereocenters. The van der Waals surface area contributed by atoms with Crippen LogP contribution in [0.5, 0.6) is 0 Å². The molecule has 1 aliphatic heterocycles. The highest BCUT2D eigenvalue weighted by atomic mass is 16.2. The van der Waals surface area contributed by atoms with Crippen LogP contribution in [0.25, 0.3) is 0 Å². The van der Waals surface area contributed by atoms with Crippen molar-refractivity contribution in [2.75, 3.05) is 6.54 Å². The highest BCUT2D eigenvalue weighted by molar-refractivity contribution is 5.82. The largest absolute Gasteiger partial charge is 0.348 e. The lowest BCUT2D eigenvalue weighted by Gasteiger charge is -2.25. The first kappa shape index (κ1) is 16.8. The van der Waals surface area contributed by atoms with Crippen LogP contribution in [0.3, 0.4) is 0 Å². The van der Waals surface area contributed by atoms with Gasteiger partial charge in [-0.15, -0.1) is 0 Å². The molecule has 4 rings (SSSR count). The zero-order chi connectivity index (χ0) is 17.9. The van der Waals surface area contributed by atoms with Gasteiger partial charge in [0.15, 0.2) is 0 Å². The van der Waals surface area contributed by atoms with Crippen molar-refractivity contribution >= 4 is 5.91 Å². The van der Waals surface area contributed by atoms with E-state index < -0.39 is 0 Å². The molecule has 0 aromatic heterocycles. The van der Waals surface area contributed by atoms with Crippen LogP contribution in [0, 0.1) is 11.3 Å². The molecule has 2 aromatic rings. The van der Waals surface area contributed by atoms with Crippen LogP contribution in [0.2, 0.25) is 0 Å². The standard InChI is InChI=1S/C22H23N3O/c23-14-16-7-9-17(10-8-16)15-25-13-3-6-21(25)22(26)24-20-12-11-18-4-1-2-5-19(18)20/h1-2,4-5,7-10,20-21H,3,6,11-13,15H2,(H,24,26)/t20-,21-/m1/s1. The van der Waals surface area contributed by atoms with Gasteiger partial charge < -0.3 is 5.32 Å². The van der Waals surface area contributed by atoms with E-state index in [9.17, 15) is 4.79 Å². The number of nitrogens with zero attached hydrogens (tertiary/aromatic N) is 2. The number of hydrogen-bond acceptors (Lipinski definition) is 3. The van der Waals surface area contributed by atoms with Crippen molar-refractivity contribution in [2.24, 2.45) is 0 Å². The van der Waals surface area contributed by atoms with E-state index in [1.54, 1.807) is 0 Å². The number of rotatable bonds is 4. The number of amides is 1. The summed E-state index contributed by atoms with van der Waals surface area (Å²) in [5, 5.41) is 12.2. The second-order valence-electron chi connectivity index (χ2n) is 7.24. The maximum Gasteiger partial charge on any atom is 0.237 e. The van der Waals surface area contributed by atoms with E-state index in [0.717, 1.165) is 44.3 Å². The smallest absolute Gasteiger partial charge is 0.237 e. The third kappa shape index (κ3) is 3.36. The molecule has 0 radical (unpaired) electrons. The molecule has 132 valence electrons. The van der Waals surface area contributed by atoms with Gasteiger partial charge in [-0.25, -0.2) is 0 Å². The Bertz CT molecular complexity index is 837. The number of likely N-dealkylation sites (tertiary alicyclic amines) is 1. The van der Waals surface area contributed by atoms with E-state index in [1.165, 1.54) is 11.1 Å². The van der Waals surface area contributed by atoms with Crippen LogP contribution in [0.15, 0.2) is 48.5 Å². The van der Waals surface area contributed by atoms with Crippen LogP contribution in [-0.4, -0.2) is 23.4 Å². The van der Waals surface area contributed by atoms with Gasteiger partial charge in [-0.05, 0) is 61.1 Å². The van der Waals surface area contributed by atoms with Crippen molar-refractivity contribution in [1.82, 2.24) is 10.2 Å². The van der Waals surface area contributed by atoms with Crippen LogP contribution in [0.4, 0.5) is 0 Å². The quantitative estimate of drug-likeness (QED) is 0.925. The van der Waals surface area contributed by atoms with Crippen molar-refractivity contribution in [3.63, 3.8) is 0 Å². The molecular formula is C22H23N3O. The zero-order valence-electron chi connectivity index (χ0n) is 14.8. The molecule has 0 spiro atoms. The van der Waals surface area contributed by atoms with E-state index in [4.69, 9.17) is 5.26 Å². The fourth-order valence-electron chi connectivity index (χ4n) is 4.21. The lowest BCUT2D eigenvalue weighted by Crippen LogP contribution is -2.43. The van der Waals surface area contributed by atoms with Gasteiger partial charge in [-0.1, -0.05) is 36.4 Å². The first-order valence-electron chi connectivity index (χ1n) is 9.36. The lowest BCUT2D eigenvalue weighted by atomic mass is 10.1. The minimum atomic E-state index is -0.0570. The summed E-state index contributed by atoms with van der Waals surface area (Å²) in [5.41, 5.74) is 4.45. The van der Waals surface area contributed by atoms with Gasteiger partial charge in [0.2, 0.25) is 5.91 Å². The molecule has 2 aromatic carbocycles. The number of carbonyl (C=O) groups is 1. The van der Waals surface area contributed by atoms with Crippen molar-refractivity contribution in [3.05, 3.63) is 70.8 Å². The molecule has 1 N–H and O–H groups in total. The predicted octanol–water partition coefficient (Wildman–Crippen LogP) is 3.33. The summed E-state index contributed by atoms with van der Waals surface area (Å²) in [6.45, 7) is 1.70. The molecule has 26 heavy (non-hydrogen) atoms. The third-order valence-corrected chi connectivity index (χ3v) is 5.58. The first-order chi connectivity index (χ1) is 12.7. The average Bonchev–Trinajstić information content (AvgIpc) is 3.30. The van der Waals surface area contributed by atoms with E-state index in [0.29, 0.717) is 5.56 Å². The summed E-state index contributed by atoms with van der Waals surface area (Å²) in [5.74, 6) is 0.151. The van der Waals surface area contributed by atoms with Crippen LogP contribution < -0.4 is 5.32 Å². The number of hydrogen-bond donors (Lipinski definition) is 1. The molecule has 0 bridgehead atoms. The first-order valence-corrected chi connectivity index (χ1v) is 9.36. The number of aryl methyl sites for hydroxylation is 1. The molecule has 1 saturated heterocycles. The second-order valence-corrected chi connectivity index (χ2v) is 7.24. The minimum absolute atomic E-state index is 0.0570. The monoisotopic (exact) mass is 345 g/mol. The van der Waals surface area contributed by atoms with Gasteiger partial charge >= 0.3 is 0 Å². The van der Waals surface area contributed by atoms with E-state index in [2.05, 4.69) is 40.6 Å². The van der Waals surface area contributed by atoms with Crippen molar-refractivity contribution in [2.45, 2.75) is 44.3 Å². The average molecular weight is 345 g/mol. The van der Waals surface area contributed by atoms with Crippen LogP contribution in [-0.2, 0) is 17.8 Å². The molecule has 1 heterocycles. The van der Waals surface area contributed by atoms with E-state index in [1.807, 2.05) is 24.3 Å². The Balaban J connectivity index is 1.41. The topological polar surface area (TPSA) is 56.1 Å². The van der Waals surface area contributed by atoms with E-state index in [-0.39, 0.29) is 18.0 Å². The summed E-state index contributed by atoms with van der Waals surface area (Å²) in [6, 6.07) is 18.3. The Hall–Kier alpha value is -2.64. The van der Waals surface area contributed by atoms with E-state index >= 15 is 0 Å². The Morgan fingerprint density at radius 2 is 1.96 bits per heavy atom. The molecule has 2 aliphatic rings. The molecule has 1 amide bonds. The maximum atomic E-state index is 12.9. The number of carbonyl (C=O) groups excluding carboxylic acids is 1. The minimum Gasteiger partial charge on any atom is -0.348 e. The SMILES string of the molecule is N#Cc1ccc(CN2CCC[C@@H]2C(=O)N[C@@H]2CCc3ccccc32)cc1. The summed E-state index contributed by atoms with van der Waals surface area (Å²) in [7, 11) is 0. The van der Waals surface area contributed by atoms with Crippen molar-refractivity contribution in [3.8, 4) is 6.07 Å². The van der Waals surface area contributed by atoms with Gasteiger partial charge in [0, 0.05) is 6.54 Å². The fourth-order valence-corrected chi connectivity index (χ4v) is 4.21. The lowest BCUT2D eigenvalue weighted by molar-refractivity contribution is -0.126. The van der Waals surface area contributed by atoms with Crippen LogP contribution in [0.1, 0.15) is 47.6 Å². The highest BCUT2D eigenvalue weighted by Crippen LogP contribution is 2.31. The van der Waals surface area contributed by atoms with Gasteiger partial charge in [-0.2, -0.15) is 5.26 Å². The van der Waals surface area contributed by atoms with Gasteiger partial charge in [-0.3, -0.25) is 9.69 Å². The summed E-state index contributed by atoms with van der Waals surface area (Å²) >= 11 is 0. The van der Waals surface area contributed by atoms with Crippen molar-refractivity contribution < 1.29 is 4.79 Å². The summed E-state index contributed by atoms with van der Waals surface area (Å²) in [6.07, 6.45) is 4.00. The molecule has 0 saturated carbocycles. The molecule has 4 heteroatoms. The van der Waals surface area contributed by atoms with Crippen molar-refractivity contribution in [1.29, 1.82) is 5.26 Å². The highest BCUT2D eigenvalue weighted by Gasteiger charge is 2.33. The number of benzene rings is 2. The summed E-state index contributed by atoms with van der Waals surface area (Å²) < 4.78 is 0.